The number of alkyl halides is 3. The SMILES string of the molecule is O=[S@@]1CCc2cc(N3CCC(c4ccc(SC(F)(F)F)cc4)CC3)nc(NC3(CO)CCC3)c21. The molecule has 2 aliphatic heterocycles. The highest BCUT2D eigenvalue weighted by Gasteiger charge is 2.39. The van der Waals surface area contributed by atoms with Gasteiger partial charge in [-0.1, -0.05) is 12.1 Å². The lowest BCUT2D eigenvalue weighted by Gasteiger charge is -2.42. The van der Waals surface area contributed by atoms with Crippen molar-refractivity contribution < 1.29 is 22.5 Å². The van der Waals surface area contributed by atoms with Crippen LogP contribution in [0.4, 0.5) is 24.8 Å². The number of hydrogen-bond donors (Lipinski definition) is 2. The number of benzene rings is 1. The number of thioether (sulfide) groups is 1. The maximum absolute atomic E-state index is 12.6. The van der Waals surface area contributed by atoms with Crippen molar-refractivity contribution in [1.29, 1.82) is 0 Å². The van der Waals surface area contributed by atoms with Crippen molar-refractivity contribution in [3.8, 4) is 0 Å². The number of piperidine rings is 1. The van der Waals surface area contributed by atoms with Crippen LogP contribution in [-0.4, -0.2) is 50.8 Å². The first-order valence-corrected chi connectivity index (χ1v) is 13.8. The molecule has 3 aliphatic rings. The summed E-state index contributed by atoms with van der Waals surface area (Å²) in [5.74, 6) is 2.42. The summed E-state index contributed by atoms with van der Waals surface area (Å²) in [7, 11) is -1.07. The van der Waals surface area contributed by atoms with Crippen molar-refractivity contribution in [2.24, 2.45) is 0 Å². The number of anilines is 2. The van der Waals surface area contributed by atoms with Crippen LogP contribution in [0.25, 0.3) is 0 Å². The van der Waals surface area contributed by atoms with Crippen LogP contribution >= 0.6 is 11.8 Å². The molecule has 0 spiro atoms. The summed E-state index contributed by atoms with van der Waals surface area (Å²) in [5, 5.41) is 13.4. The van der Waals surface area contributed by atoms with Crippen molar-refractivity contribution >= 4 is 34.2 Å². The summed E-state index contributed by atoms with van der Waals surface area (Å²) in [4.78, 5) is 8.11. The molecule has 10 heteroatoms. The van der Waals surface area contributed by atoms with Gasteiger partial charge in [-0.25, -0.2) is 4.98 Å². The molecule has 1 aromatic carbocycles. The molecule has 3 heterocycles. The van der Waals surface area contributed by atoms with Gasteiger partial charge in [-0.3, -0.25) is 4.21 Å². The van der Waals surface area contributed by atoms with E-state index in [0.717, 1.165) is 73.5 Å². The fraction of sp³-hybridized carbons (Fsp3) is 0.542. The molecule has 0 bridgehead atoms. The highest BCUT2D eigenvalue weighted by molar-refractivity contribution is 8.00. The van der Waals surface area contributed by atoms with E-state index in [1.54, 1.807) is 12.1 Å². The van der Waals surface area contributed by atoms with E-state index in [2.05, 4.69) is 16.3 Å². The third-order valence-electron chi connectivity index (χ3n) is 7.22. The number of halogens is 3. The number of aliphatic hydroxyl groups is 1. The van der Waals surface area contributed by atoms with Crippen molar-refractivity contribution in [3.63, 3.8) is 0 Å². The highest BCUT2D eigenvalue weighted by atomic mass is 32.2. The van der Waals surface area contributed by atoms with Crippen LogP contribution < -0.4 is 10.2 Å². The van der Waals surface area contributed by atoms with Crippen molar-refractivity contribution in [1.82, 2.24) is 4.98 Å². The lowest BCUT2D eigenvalue weighted by molar-refractivity contribution is -0.0328. The Labute approximate surface area is 204 Å². The van der Waals surface area contributed by atoms with Crippen molar-refractivity contribution in [2.45, 2.75) is 65.3 Å². The Hall–Kier alpha value is -1.78. The number of aryl methyl sites for hydroxylation is 1. The van der Waals surface area contributed by atoms with Gasteiger partial charge in [0.05, 0.1) is 27.8 Å². The molecule has 34 heavy (non-hydrogen) atoms. The van der Waals surface area contributed by atoms with E-state index in [0.29, 0.717) is 17.5 Å². The third-order valence-corrected chi connectivity index (χ3v) is 9.45. The van der Waals surface area contributed by atoms with Gasteiger partial charge in [0.2, 0.25) is 0 Å². The minimum Gasteiger partial charge on any atom is -0.394 e. The molecule has 2 N–H and O–H groups in total. The average Bonchev–Trinajstić information content (AvgIpc) is 3.17. The molecule has 0 radical (unpaired) electrons. The highest BCUT2D eigenvalue weighted by Crippen LogP contribution is 2.41. The summed E-state index contributed by atoms with van der Waals surface area (Å²) in [6.45, 7) is 1.62. The summed E-state index contributed by atoms with van der Waals surface area (Å²) in [6.07, 6.45) is 5.35. The summed E-state index contributed by atoms with van der Waals surface area (Å²) in [6, 6.07) is 8.79. The minimum atomic E-state index is -4.27. The van der Waals surface area contributed by atoms with Gasteiger partial charge in [-0.15, -0.1) is 0 Å². The second-order valence-corrected chi connectivity index (χ2v) is 12.1. The van der Waals surface area contributed by atoms with Crippen LogP contribution in [0.5, 0.6) is 0 Å². The maximum atomic E-state index is 12.6. The van der Waals surface area contributed by atoms with Gasteiger partial charge in [-0.05, 0) is 85.5 Å². The molecular formula is C24H28F3N3O2S2. The third kappa shape index (κ3) is 4.95. The van der Waals surface area contributed by atoms with Crippen molar-refractivity contribution in [3.05, 3.63) is 41.5 Å². The summed E-state index contributed by atoms with van der Waals surface area (Å²) < 4.78 is 50.4. The van der Waals surface area contributed by atoms with Gasteiger partial charge in [0, 0.05) is 23.7 Å². The first-order valence-electron chi connectivity index (χ1n) is 11.7. The van der Waals surface area contributed by atoms with Crippen LogP contribution in [0, 0.1) is 0 Å². The predicted octanol–water partition coefficient (Wildman–Crippen LogP) is 5.07. The van der Waals surface area contributed by atoms with E-state index in [1.165, 1.54) is 0 Å². The zero-order chi connectivity index (χ0) is 23.9. The van der Waals surface area contributed by atoms with E-state index in [-0.39, 0.29) is 28.8 Å². The molecule has 1 aromatic heterocycles. The Morgan fingerprint density at radius 3 is 2.50 bits per heavy atom. The zero-order valence-electron chi connectivity index (χ0n) is 18.7. The smallest absolute Gasteiger partial charge is 0.394 e. The van der Waals surface area contributed by atoms with E-state index in [9.17, 15) is 22.5 Å². The standard InChI is InChI=1S/C24H28F3N3O2S2/c25-24(26,27)33-19-4-2-16(3-5-19)17-6-11-30(12-7-17)20-14-18-8-13-34(32)21(18)22(28-20)29-23(15-31)9-1-10-23/h2-5,14,17,31H,1,6-13,15H2,(H,28,29)/t34-/m1/s1. The Bertz CT molecular complexity index is 1060. The Balaban J connectivity index is 1.29. The van der Waals surface area contributed by atoms with Gasteiger partial charge in [0.1, 0.15) is 11.6 Å². The van der Waals surface area contributed by atoms with E-state index < -0.39 is 16.3 Å². The van der Waals surface area contributed by atoms with Gasteiger partial charge in [0.25, 0.3) is 0 Å². The average molecular weight is 512 g/mol. The predicted molar refractivity (Wildman–Crippen MR) is 129 cm³/mol. The summed E-state index contributed by atoms with van der Waals surface area (Å²) in [5.41, 5.74) is -2.50. The number of fused-ring (bicyclic) bond motifs is 1. The van der Waals surface area contributed by atoms with Gasteiger partial charge in [-0.2, -0.15) is 13.2 Å². The number of aromatic nitrogens is 1. The second-order valence-electron chi connectivity index (χ2n) is 9.41. The number of pyridine rings is 1. The largest absolute Gasteiger partial charge is 0.446 e. The first kappa shape index (κ1) is 23.9. The monoisotopic (exact) mass is 511 g/mol. The summed E-state index contributed by atoms with van der Waals surface area (Å²) >= 11 is -0.0838. The number of nitrogens with one attached hydrogen (secondary N) is 1. The topological polar surface area (TPSA) is 65.5 Å². The molecule has 0 amide bonds. The fourth-order valence-corrected chi connectivity index (χ4v) is 7.04. The van der Waals surface area contributed by atoms with Crippen molar-refractivity contribution in [2.75, 3.05) is 35.7 Å². The quantitative estimate of drug-likeness (QED) is 0.528. The number of hydrogen-bond acceptors (Lipinski definition) is 6. The van der Waals surface area contributed by atoms with E-state index >= 15 is 0 Å². The molecular weight excluding hydrogens is 483 g/mol. The molecule has 1 aliphatic carbocycles. The molecule has 1 saturated carbocycles. The van der Waals surface area contributed by atoms with Gasteiger partial charge in [0.15, 0.2) is 0 Å². The number of nitrogens with zero attached hydrogens (tertiary/aromatic N) is 2. The van der Waals surface area contributed by atoms with Gasteiger partial charge >= 0.3 is 5.51 Å². The first-order chi connectivity index (χ1) is 16.3. The molecule has 5 nitrogen and oxygen atoms in total. The zero-order valence-corrected chi connectivity index (χ0v) is 20.4. The molecule has 2 fully saturated rings. The maximum Gasteiger partial charge on any atom is 0.446 e. The lowest BCUT2D eigenvalue weighted by atomic mass is 9.77. The molecule has 1 atom stereocenters. The van der Waals surface area contributed by atoms with Crippen LogP contribution in [0.3, 0.4) is 0 Å². The number of rotatable bonds is 6. The minimum absolute atomic E-state index is 0.0337. The lowest BCUT2D eigenvalue weighted by Crippen LogP contribution is -2.48. The normalized spacial score (nSPS) is 22.4. The Kier molecular flexibility index (Phi) is 6.58. The van der Waals surface area contributed by atoms with Crippen LogP contribution in [0.2, 0.25) is 0 Å². The molecule has 184 valence electrons. The fourth-order valence-electron chi connectivity index (χ4n) is 5.12. The van der Waals surface area contributed by atoms with Gasteiger partial charge < -0.3 is 15.3 Å². The molecule has 5 rings (SSSR count). The van der Waals surface area contributed by atoms with Crippen LogP contribution in [-0.2, 0) is 17.2 Å². The van der Waals surface area contributed by atoms with E-state index in [4.69, 9.17) is 4.98 Å². The molecule has 2 aromatic rings. The van der Waals surface area contributed by atoms with Crippen LogP contribution in [0.1, 0.15) is 49.1 Å². The Morgan fingerprint density at radius 2 is 1.91 bits per heavy atom. The van der Waals surface area contributed by atoms with Crippen LogP contribution in [0.15, 0.2) is 40.1 Å². The van der Waals surface area contributed by atoms with E-state index in [1.807, 2.05) is 12.1 Å². The Morgan fingerprint density at radius 1 is 1.21 bits per heavy atom. The molecule has 0 unspecified atom stereocenters. The number of aliphatic hydroxyl groups excluding tert-OH is 1. The molecule has 1 saturated heterocycles. The second kappa shape index (κ2) is 9.35.